The second-order valence-electron chi connectivity index (χ2n) is 7.07. The van der Waals surface area contributed by atoms with Crippen molar-refractivity contribution in [2.24, 2.45) is 5.92 Å². The van der Waals surface area contributed by atoms with Gasteiger partial charge in [0.2, 0.25) is 0 Å². The Kier molecular flexibility index (Phi) is 4.33. The third kappa shape index (κ3) is 3.46. The summed E-state index contributed by atoms with van der Waals surface area (Å²) in [5, 5.41) is 8.67. The highest BCUT2D eigenvalue weighted by molar-refractivity contribution is 5.92. The second-order valence-corrected chi connectivity index (χ2v) is 7.07. The lowest BCUT2D eigenvalue weighted by atomic mass is 9.97. The summed E-state index contributed by atoms with van der Waals surface area (Å²) in [6.45, 7) is 7.14. The van der Waals surface area contributed by atoms with Gasteiger partial charge in [0.1, 0.15) is 5.76 Å². The van der Waals surface area contributed by atoms with Crippen molar-refractivity contribution in [1.29, 1.82) is 0 Å². The number of nitrogens with zero attached hydrogens (tertiary/aromatic N) is 4. The number of ether oxygens (including phenoxy) is 1. The molecule has 1 atom stereocenters. The van der Waals surface area contributed by atoms with Gasteiger partial charge in [-0.25, -0.2) is 0 Å². The van der Waals surface area contributed by atoms with Gasteiger partial charge in [-0.1, -0.05) is 5.16 Å². The first kappa shape index (κ1) is 16.3. The molecule has 1 aliphatic carbocycles. The van der Waals surface area contributed by atoms with Gasteiger partial charge in [0.05, 0.1) is 12.3 Å². The number of fused-ring (bicyclic) bond motifs is 1. The van der Waals surface area contributed by atoms with Crippen LogP contribution in [0, 0.1) is 12.8 Å². The predicted molar refractivity (Wildman–Crippen MR) is 90.2 cm³/mol. The smallest absolute Gasteiger partial charge is 0.276 e. The molecule has 0 spiro atoms. The summed E-state index contributed by atoms with van der Waals surface area (Å²) in [6.07, 6.45) is 4.69. The fraction of sp³-hybridized carbons (Fsp3) is 0.611. The maximum Gasteiger partial charge on any atom is 0.276 e. The molecule has 0 N–H and O–H groups in total. The van der Waals surface area contributed by atoms with Gasteiger partial charge in [-0.3, -0.25) is 9.48 Å². The number of carbonyl (C=O) groups excluding carboxylic acids is 1. The van der Waals surface area contributed by atoms with E-state index in [-0.39, 0.29) is 11.8 Å². The van der Waals surface area contributed by atoms with Crippen molar-refractivity contribution in [2.75, 3.05) is 19.8 Å². The molecule has 3 heterocycles. The summed E-state index contributed by atoms with van der Waals surface area (Å²) in [5.41, 5.74) is 2.56. The normalized spacial score (nSPS) is 19.9. The van der Waals surface area contributed by atoms with E-state index in [0.29, 0.717) is 37.8 Å². The molecule has 2 aliphatic rings. The molecule has 0 unspecified atom stereocenters. The van der Waals surface area contributed by atoms with Crippen molar-refractivity contribution >= 4 is 5.91 Å². The molecule has 0 aromatic carbocycles. The van der Waals surface area contributed by atoms with E-state index >= 15 is 0 Å². The summed E-state index contributed by atoms with van der Waals surface area (Å²) in [5.74, 6) is 1.41. The Labute approximate surface area is 146 Å². The van der Waals surface area contributed by atoms with E-state index in [9.17, 15) is 4.79 Å². The minimum atomic E-state index is -0.0982. The summed E-state index contributed by atoms with van der Waals surface area (Å²) in [4.78, 5) is 14.6. The highest BCUT2D eigenvalue weighted by Gasteiger charge is 2.33. The Morgan fingerprint density at radius 2 is 2.28 bits per heavy atom. The summed E-state index contributed by atoms with van der Waals surface area (Å²) < 4.78 is 12.8. The van der Waals surface area contributed by atoms with Gasteiger partial charge in [-0.2, -0.15) is 5.10 Å². The Bertz CT molecular complexity index is 762. The van der Waals surface area contributed by atoms with Crippen LogP contribution in [0.1, 0.15) is 53.2 Å². The predicted octanol–water partition coefficient (Wildman–Crippen LogP) is 2.37. The molecule has 2 aromatic rings. The monoisotopic (exact) mass is 344 g/mol. The zero-order chi connectivity index (χ0) is 17.4. The van der Waals surface area contributed by atoms with Crippen LogP contribution in [0.3, 0.4) is 0 Å². The van der Waals surface area contributed by atoms with Crippen LogP contribution < -0.4 is 0 Å². The minimum absolute atomic E-state index is 0.0982. The average Bonchev–Trinajstić information content (AvgIpc) is 3.14. The molecule has 7 nitrogen and oxygen atoms in total. The standard InChI is InChI=1S/C18H24N4O3/c1-3-24-11-15-9-21(18(23)16-6-12(2)25-20-16)8-14-10-22(19-17(14)15)7-13-4-5-13/h6,10,13,15H,3-5,7-9,11H2,1-2H3/t15-/m1/s1. The van der Waals surface area contributed by atoms with Crippen molar-refractivity contribution in [2.45, 2.75) is 45.7 Å². The van der Waals surface area contributed by atoms with Crippen LogP contribution in [0.25, 0.3) is 0 Å². The zero-order valence-corrected chi connectivity index (χ0v) is 14.8. The number of rotatable bonds is 6. The van der Waals surface area contributed by atoms with E-state index in [0.717, 1.165) is 23.7 Å². The Hall–Kier alpha value is -2.15. The van der Waals surface area contributed by atoms with E-state index in [2.05, 4.69) is 16.0 Å². The van der Waals surface area contributed by atoms with Crippen molar-refractivity contribution in [3.05, 3.63) is 35.0 Å². The first-order valence-corrected chi connectivity index (χ1v) is 9.00. The Morgan fingerprint density at radius 3 is 2.96 bits per heavy atom. The van der Waals surface area contributed by atoms with Gasteiger partial charge >= 0.3 is 0 Å². The van der Waals surface area contributed by atoms with Crippen LogP contribution in [0.2, 0.25) is 0 Å². The van der Waals surface area contributed by atoms with Crippen LogP contribution in [0.15, 0.2) is 16.8 Å². The number of hydrogen-bond acceptors (Lipinski definition) is 5. The molecule has 0 radical (unpaired) electrons. The summed E-state index contributed by atoms with van der Waals surface area (Å²) in [7, 11) is 0. The molecule has 4 rings (SSSR count). The fourth-order valence-electron chi connectivity index (χ4n) is 3.40. The van der Waals surface area contributed by atoms with E-state index in [1.165, 1.54) is 12.8 Å². The van der Waals surface area contributed by atoms with Crippen molar-refractivity contribution in [3.8, 4) is 0 Å². The molecule has 0 bridgehead atoms. The van der Waals surface area contributed by atoms with Crippen LogP contribution in [0.5, 0.6) is 0 Å². The molecule has 1 aliphatic heterocycles. The van der Waals surface area contributed by atoms with Gasteiger partial charge in [-0.05, 0) is 32.6 Å². The summed E-state index contributed by atoms with van der Waals surface area (Å²) >= 11 is 0. The Balaban J connectivity index is 1.56. The topological polar surface area (TPSA) is 73.4 Å². The van der Waals surface area contributed by atoms with Crippen LogP contribution in [0.4, 0.5) is 0 Å². The van der Waals surface area contributed by atoms with Crippen molar-refractivity contribution < 1.29 is 14.1 Å². The summed E-state index contributed by atoms with van der Waals surface area (Å²) in [6, 6.07) is 1.69. The number of hydrogen-bond donors (Lipinski definition) is 0. The maximum atomic E-state index is 12.8. The van der Waals surface area contributed by atoms with Crippen LogP contribution >= 0.6 is 0 Å². The van der Waals surface area contributed by atoms with E-state index in [1.54, 1.807) is 13.0 Å². The van der Waals surface area contributed by atoms with Crippen LogP contribution in [-0.2, 0) is 17.8 Å². The molecule has 25 heavy (non-hydrogen) atoms. The van der Waals surface area contributed by atoms with Gasteiger partial charge in [0.25, 0.3) is 5.91 Å². The van der Waals surface area contributed by atoms with Gasteiger partial charge in [0.15, 0.2) is 5.69 Å². The van der Waals surface area contributed by atoms with Gasteiger partial charge in [-0.15, -0.1) is 0 Å². The highest BCUT2D eigenvalue weighted by atomic mass is 16.5. The molecule has 1 amide bonds. The SMILES string of the molecule is CCOC[C@H]1CN(C(=O)c2cc(C)on2)Cc2cn(CC3CC3)nc21. The zero-order valence-electron chi connectivity index (χ0n) is 14.8. The molecule has 2 aromatic heterocycles. The van der Waals surface area contributed by atoms with E-state index in [4.69, 9.17) is 14.4 Å². The quantitative estimate of drug-likeness (QED) is 0.804. The van der Waals surface area contributed by atoms with E-state index in [1.807, 2.05) is 11.8 Å². The molecule has 1 fully saturated rings. The Morgan fingerprint density at radius 1 is 1.44 bits per heavy atom. The molecule has 1 saturated carbocycles. The van der Waals surface area contributed by atoms with Crippen LogP contribution in [-0.4, -0.2) is 45.5 Å². The van der Waals surface area contributed by atoms with Gasteiger partial charge < -0.3 is 14.2 Å². The maximum absolute atomic E-state index is 12.8. The molecule has 7 heteroatoms. The lowest BCUT2D eigenvalue weighted by molar-refractivity contribution is 0.0642. The minimum Gasteiger partial charge on any atom is -0.381 e. The average molecular weight is 344 g/mol. The lowest BCUT2D eigenvalue weighted by Gasteiger charge is -2.31. The fourth-order valence-corrected chi connectivity index (χ4v) is 3.40. The largest absolute Gasteiger partial charge is 0.381 e. The number of carbonyl (C=O) groups is 1. The third-order valence-electron chi connectivity index (χ3n) is 4.86. The number of aromatic nitrogens is 3. The second kappa shape index (κ2) is 6.63. The molecular weight excluding hydrogens is 320 g/mol. The highest BCUT2D eigenvalue weighted by Crippen LogP contribution is 2.33. The number of amides is 1. The number of aryl methyl sites for hydroxylation is 1. The molecule has 134 valence electrons. The first-order valence-electron chi connectivity index (χ1n) is 9.00. The van der Waals surface area contributed by atoms with E-state index < -0.39 is 0 Å². The molecule has 0 saturated heterocycles. The lowest BCUT2D eigenvalue weighted by Crippen LogP contribution is -2.39. The van der Waals surface area contributed by atoms with Gasteiger partial charge in [0, 0.05) is 50.0 Å². The van der Waals surface area contributed by atoms with Crippen molar-refractivity contribution in [3.63, 3.8) is 0 Å². The molecular formula is C18H24N4O3. The van der Waals surface area contributed by atoms with Crippen molar-refractivity contribution in [1.82, 2.24) is 19.8 Å². The third-order valence-corrected chi connectivity index (χ3v) is 4.86. The first-order chi connectivity index (χ1) is 12.1.